The van der Waals surface area contributed by atoms with Gasteiger partial charge in [0.1, 0.15) is 5.83 Å². The molecule has 1 fully saturated rings. The number of hydrogen-bond donors (Lipinski definition) is 0. The second-order valence-electron chi connectivity index (χ2n) is 3.99. The van der Waals surface area contributed by atoms with Gasteiger partial charge in [0.25, 0.3) is 0 Å². The molecular weight excluding hydrogens is 251 g/mol. The SMILES string of the molecule is C1CCC1.C=C/C(Cl)=C(/COC)C(=C)F.CCC. The Hall–Kier alpha value is -0.600. The van der Waals surface area contributed by atoms with Gasteiger partial charge in [0, 0.05) is 17.7 Å². The first-order chi connectivity index (χ1) is 8.54. The normalized spacial score (nSPS) is 13.8. The summed E-state index contributed by atoms with van der Waals surface area (Å²) in [4.78, 5) is 0. The van der Waals surface area contributed by atoms with Gasteiger partial charge in [-0.05, 0) is 0 Å². The van der Waals surface area contributed by atoms with E-state index < -0.39 is 5.83 Å². The predicted octanol–water partition coefficient (Wildman–Crippen LogP) is 5.77. The molecule has 0 radical (unpaired) electrons. The average Bonchev–Trinajstić information content (AvgIpc) is 2.23. The summed E-state index contributed by atoms with van der Waals surface area (Å²) in [5, 5.41) is 0.236. The summed E-state index contributed by atoms with van der Waals surface area (Å²) in [6, 6.07) is 0. The molecule has 0 aliphatic heterocycles. The Kier molecular flexibility index (Phi) is 15.9. The minimum atomic E-state index is -0.586. The first-order valence-electron chi connectivity index (χ1n) is 6.39. The molecule has 1 nitrogen and oxygen atoms in total. The molecule has 0 amide bonds. The minimum absolute atomic E-state index is 0.111. The maximum Gasteiger partial charge on any atom is 0.123 e. The van der Waals surface area contributed by atoms with Crippen molar-refractivity contribution in [1.29, 1.82) is 0 Å². The fraction of sp³-hybridized carbons (Fsp3) is 0.600. The number of ether oxygens (including phenoxy) is 1. The van der Waals surface area contributed by atoms with Gasteiger partial charge in [0.05, 0.1) is 6.61 Å². The topological polar surface area (TPSA) is 9.23 Å². The van der Waals surface area contributed by atoms with Crippen molar-refractivity contribution in [3.05, 3.63) is 35.7 Å². The van der Waals surface area contributed by atoms with E-state index in [0.29, 0.717) is 0 Å². The maximum absolute atomic E-state index is 12.5. The smallest absolute Gasteiger partial charge is 0.123 e. The van der Waals surface area contributed by atoms with Crippen LogP contribution in [0, 0.1) is 0 Å². The van der Waals surface area contributed by atoms with Crippen LogP contribution in [0.15, 0.2) is 35.7 Å². The molecule has 0 heterocycles. The Labute approximate surface area is 116 Å². The predicted molar refractivity (Wildman–Crippen MR) is 79.6 cm³/mol. The van der Waals surface area contributed by atoms with Gasteiger partial charge in [-0.1, -0.05) is 76.8 Å². The third-order valence-electron chi connectivity index (χ3n) is 2.08. The molecule has 0 atom stereocenters. The molecule has 1 saturated carbocycles. The Morgan fingerprint density at radius 3 is 1.83 bits per heavy atom. The molecule has 106 valence electrons. The average molecular weight is 277 g/mol. The second kappa shape index (κ2) is 14.5. The summed E-state index contributed by atoms with van der Waals surface area (Å²) in [7, 11) is 1.45. The molecule has 0 spiro atoms. The molecule has 0 bridgehead atoms. The molecule has 0 aromatic rings. The number of methoxy groups -OCH3 is 1. The Morgan fingerprint density at radius 2 is 1.67 bits per heavy atom. The van der Waals surface area contributed by atoms with E-state index in [9.17, 15) is 4.39 Å². The van der Waals surface area contributed by atoms with Crippen molar-refractivity contribution in [3.63, 3.8) is 0 Å². The highest BCUT2D eigenvalue weighted by atomic mass is 35.5. The van der Waals surface area contributed by atoms with Gasteiger partial charge in [0.2, 0.25) is 0 Å². The highest BCUT2D eigenvalue weighted by molar-refractivity contribution is 6.31. The zero-order chi connectivity index (χ0) is 14.4. The van der Waals surface area contributed by atoms with E-state index in [1.807, 2.05) is 0 Å². The molecular formula is C15H26ClFO. The number of rotatable bonds is 4. The Morgan fingerprint density at radius 1 is 1.28 bits per heavy atom. The van der Waals surface area contributed by atoms with Crippen LogP contribution in [0.1, 0.15) is 46.0 Å². The van der Waals surface area contributed by atoms with E-state index in [0.717, 1.165) is 0 Å². The molecule has 0 aromatic heterocycles. The van der Waals surface area contributed by atoms with Crippen molar-refractivity contribution in [2.24, 2.45) is 0 Å². The fourth-order valence-corrected chi connectivity index (χ4v) is 0.951. The van der Waals surface area contributed by atoms with Gasteiger partial charge in [-0.3, -0.25) is 0 Å². The third kappa shape index (κ3) is 11.9. The number of halogens is 2. The van der Waals surface area contributed by atoms with Crippen LogP contribution in [0.4, 0.5) is 4.39 Å². The summed E-state index contributed by atoms with van der Waals surface area (Å²) in [5.74, 6) is -0.586. The summed E-state index contributed by atoms with van der Waals surface area (Å²) in [6.07, 6.45) is 8.60. The summed E-state index contributed by atoms with van der Waals surface area (Å²) < 4.78 is 17.2. The monoisotopic (exact) mass is 276 g/mol. The lowest BCUT2D eigenvalue weighted by atomic mass is 10.0. The minimum Gasteiger partial charge on any atom is -0.380 e. The molecule has 1 aliphatic carbocycles. The van der Waals surface area contributed by atoms with Crippen molar-refractivity contribution >= 4 is 11.6 Å². The highest BCUT2D eigenvalue weighted by Gasteiger charge is 2.05. The zero-order valence-electron chi connectivity index (χ0n) is 11.9. The van der Waals surface area contributed by atoms with Crippen LogP contribution in [0.25, 0.3) is 0 Å². The zero-order valence-corrected chi connectivity index (χ0v) is 12.7. The molecule has 1 aliphatic rings. The molecule has 18 heavy (non-hydrogen) atoms. The van der Waals surface area contributed by atoms with Crippen LogP contribution in [0.5, 0.6) is 0 Å². The van der Waals surface area contributed by atoms with Crippen LogP contribution < -0.4 is 0 Å². The van der Waals surface area contributed by atoms with E-state index in [4.69, 9.17) is 16.3 Å². The quantitative estimate of drug-likeness (QED) is 0.592. The Balaban J connectivity index is 0. The molecule has 3 heteroatoms. The molecule has 1 rings (SSSR count). The van der Waals surface area contributed by atoms with E-state index in [-0.39, 0.29) is 17.2 Å². The largest absolute Gasteiger partial charge is 0.380 e. The van der Waals surface area contributed by atoms with E-state index >= 15 is 0 Å². The van der Waals surface area contributed by atoms with Crippen LogP contribution in [0.3, 0.4) is 0 Å². The van der Waals surface area contributed by atoms with E-state index in [1.54, 1.807) is 0 Å². The van der Waals surface area contributed by atoms with Crippen LogP contribution in [-0.2, 0) is 4.74 Å². The van der Waals surface area contributed by atoms with Crippen molar-refractivity contribution in [2.45, 2.75) is 46.0 Å². The Bertz CT molecular complexity index is 251. The van der Waals surface area contributed by atoms with Gasteiger partial charge in [0.15, 0.2) is 0 Å². The summed E-state index contributed by atoms with van der Waals surface area (Å²) in [5.41, 5.74) is 0.240. The van der Waals surface area contributed by atoms with Gasteiger partial charge in [-0.25, -0.2) is 4.39 Å². The lowest BCUT2D eigenvalue weighted by Gasteiger charge is -2.05. The second-order valence-corrected chi connectivity index (χ2v) is 4.40. The van der Waals surface area contributed by atoms with Crippen molar-refractivity contribution in [2.75, 3.05) is 13.7 Å². The van der Waals surface area contributed by atoms with Crippen LogP contribution in [-0.4, -0.2) is 13.7 Å². The summed E-state index contributed by atoms with van der Waals surface area (Å²) in [6.45, 7) is 10.9. The van der Waals surface area contributed by atoms with Crippen molar-refractivity contribution in [1.82, 2.24) is 0 Å². The highest BCUT2D eigenvalue weighted by Crippen LogP contribution is 2.18. The van der Waals surface area contributed by atoms with Crippen molar-refractivity contribution in [3.8, 4) is 0 Å². The van der Waals surface area contributed by atoms with Gasteiger partial charge in [-0.15, -0.1) is 0 Å². The fourth-order valence-electron chi connectivity index (χ4n) is 0.794. The molecule has 0 unspecified atom stereocenters. The van der Waals surface area contributed by atoms with E-state index in [2.05, 4.69) is 27.0 Å². The summed E-state index contributed by atoms with van der Waals surface area (Å²) >= 11 is 5.59. The van der Waals surface area contributed by atoms with Gasteiger partial charge < -0.3 is 4.74 Å². The van der Waals surface area contributed by atoms with Crippen LogP contribution >= 0.6 is 11.6 Å². The standard InChI is InChI=1S/C8H10ClFO.C4H8.C3H8/c1-4-8(9)7(5-11-3)6(2)10;1-2-4-3-1;1-3-2/h4H,1-2,5H2,3H3;1-4H2;3H2,1-2H3/b8-7+;;. The maximum atomic E-state index is 12.5. The first kappa shape index (κ1) is 19.7. The first-order valence-corrected chi connectivity index (χ1v) is 6.77. The van der Waals surface area contributed by atoms with Gasteiger partial charge in [-0.2, -0.15) is 0 Å². The van der Waals surface area contributed by atoms with E-state index in [1.165, 1.54) is 45.3 Å². The number of hydrogen-bond acceptors (Lipinski definition) is 1. The molecule has 0 saturated heterocycles. The lowest BCUT2D eigenvalue weighted by molar-refractivity contribution is 0.224. The van der Waals surface area contributed by atoms with Crippen LogP contribution in [0.2, 0.25) is 0 Å². The molecule has 0 aromatic carbocycles. The van der Waals surface area contributed by atoms with Crippen molar-refractivity contribution < 1.29 is 9.13 Å². The van der Waals surface area contributed by atoms with Gasteiger partial charge >= 0.3 is 0 Å². The molecule has 0 N–H and O–H groups in total. The number of allylic oxidation sites excluding steroid dienone is 2. The third-order valence-corrected chi connectivity index (χ3v) is 2.47. The lowest BCUT2D eigenvalue weighted by Crippen LogP contribution is -1.96.